The van der Waals surface area contributed by atoms with Crippen LogP contribution in [0.3, 0.4) is 0 Å². The Morgan fingerprint density at radius 2 is 1.89 bits per heavy atom. The van der Waals surface area contributed by atoms with Gasteiger partial charge in [0.25, 0.3) is 0 Å². The van der Waals surface area contributed by atoms with Gasteiger partial charge in [-0.25, -0.2) is 8.78 Å². The fraction of sp³-hybridized carbons (Fsp3) is 0.154. The number of aromatic nitrogens is 1. The van der Waals surface area contributed by atoms with Gasteiger partial charge in [-0.15, -0.1) is 0 Å². The number of nitrogens with zero attached hydrogens (tertiary/aromatic N) is 1. The number of pyridine rings is 1. The van der Waals surface area contributed by atoms with E-state index in [-0.39, 0.29) is 12.0 Å². The molecule has 1 heterocycles. The van der Waals surface area contributed by atoms with Crippen LogP contribution >= 0.6 is 11.6 Å². The Labute approximate surface area is 108 Å². The van der Waals surface area contributed by atoms with Crippen molar-refractivity contribution >= 4 is 11.6 Å². The quantitative estimate of drug-likeness (QED) is 0.927. The Balaban J connectivity index is 2.28. The van der Waals surface area contributed by atoms with E-state index in [1.54, 1.807) is 6.07 Å². The topological polar surface area (TPSA) is 33.1 Å². The number of hydrogen-bond acceptors (Lipinski definition) is 2. The summed E-state index contributed by atoms with van der Waals surface area (Å²) >= 11 is 5.87. The molecule has 1 unspecified atom stereocenters. The van der Waals surface area contributed by atoms with Gasteiger partial charge in [0, 0.05) is 18.8 Å². The van der Waals surface area contributed by atoms with Gasteiger partial charge in [0.15, 0.2) is 0 Å². The Hall–Kier alpha value is -1.52. The van der Waals surface area contributed by atoms with Crippen molar-refractivity contribution in [1.82, 2.24) is 4.98 Å². The third kappa shape index (κ3) is 2.66. The molecule has 1 atom stereocenters. The van der Waals surface area contributed by atoms with Crippen LogP contribution in [0.25, 0.3) is 0 Å². The number of aliphatic hydroxyl groups is 1. The average Bonchev–Trinajstić information content (AvgIpc) is 2.32. The molecular formula is C13H10ClF2NO. The lowest BCUT2D eigenvalue weighted by atomic mass is 10.0. The lowest BCUT2D eigenvalue weighted by molar-refractivity contribution is 0.168. The highest BCUT2D eigenvalue weighted by atomic mass is 35.5. The van der Waals surface area contributed by atoms with E-state index < -0.39 is 17.7 Å². The molecule has 5 heteroatoms. The van der Waals surface area contributed by atoms with E-state index in [0.29, 0.717) is 10.6 Å². The van der Waals surface area contributed by atoms with Gasteiger partial charge in [-0.3, -0.25) is 4.98 Å². The summed E-state index contributed by atoms with van der Waals surface area (Å²) in [4.78, 5) is 3.80. The molecule has 0 radical (unpaired) electrons. The third-order valence-electron chi connectivity index (χ3n) is 2.60. The molecule has 0 aliphatic rings. The first-order valence-corrected chi connectivity index (χ1v) is 5.67. The van der Waals surface area contributed by atoms with Crippen LogP contribution in [-0.4, -0.2) is 10.1 Å². The van der Waals surface area contributed by atoms with Gasteiger partial charge in [0.2, 0.25) is 0 Å². The average molecular weight is 270 g/mol. The van der Waals surface area contributed by atoms with Crippen LogP contribution in [0.2, 0.25) is 5.02 Å². The smallest absolute Gasteiger partial charge is 0.131 e. The zero-order chi connectivity index (χ0) is 13.1. The second-order valence-corrected chi connectivity index (χ2v) is 4.23. The number of hydrogen-bond donors (Lipinski definition) is 1. The van der Waals surface area contributed by atoms with E-state index >= 15 is 0 Å². The molecule has 1 aromatic carbocycles. The molecule has 0 bridgehead atoms. The molecular weight excluding hydrogens is 260 g/mol. The first kappa shape index (κ1) is 12.9. The number of aliphatic hydroxyl groups excluding tert-OH is 1. The Morgan fingerprint density at radius 1 is 1.22 bits per heavy atom. The second-order valence-electron chi connectivity index (χ2n) is 3.82. The van der Waals surface area contributed by atoms with E-state index in [0.717, 1.165) is 12.1 Å². The van der Waals surface area contributed by atoms with E-state index in [4.69, 9.17) is 11.6 Å². The maximum absolute atomic E-state index is 13.5. The summed E-state index contributed by atoms with van der Waals surface area (Å²) in [5.41, 5.74) is 0.243. The monoisotopic (exact) mass is 269 g/mol. The van der Waals surface area contributed by atoms with Gasteiger partial charge in [0.05, 0.1) is 16.7 Å². The van der Waals surface area contributed by atoms with E-state index in [9.17, 15) is 13.9 Å². The Morgan fingerprint density at radius 3 is 2.50 bits per heavy atom. The lowest BCUT2D eigenvalue weighted by Gasteiger charge is -2.13. The minimum absolute atomic E-state index is 0.0270. The SMILES string of the molecule is OC(Cc1ccncc1Cl)c1c(F)cccc1F. The van der Waals surface area contributed by atoms with Crippen molar-refractivity contribution in [2.45, 2.75) is 12.5 Å². The molecule has 1 N–H and O–H groups in total. The van der Waals surface area contributed by atoms with Crippen LogP contribution < -0.4 is 0 Å². The van der Waals surface area contributed by atoms with Crippen LogP contribution in [0, 0.1) is 11.6 Å². The van der Waals surface area contributed by atoms with Gasteiger partial charge in [-0.1, -0.05) is 17.7 Å². The third-order valence-corrected chi connectivity index (χ3v) is 2.94. The minimum atomic E-state index is -1.29. The van der Waals surface area contributed by atoms with E-state index in [1.165, 1.54) is 18.5 Å². The molecule has 0 saturated carbocycles. The predicted molar refractivity (Wildman–Crippen MR) is 64.3 cm³/mol. The summed E-state index contributed by atoms with van der Waals surface area (Å²) in [6.07, 6.45) is 1.66. The molecule has 94 valence electrons. The van der Waals surface area contributed by atoms with Gasteiger partial charge < -0.3 is 5.11 Å². The molecule has 18 heavy (non-hydrogen) atoms. The maximum Gasteiger partial charge on any atom is 0.131 e. The fourth-order valence-electron chi connectivity index (χ4n) is 1.71. The van der Waals surface area contributed by atoms with Crippen molar-refractivity contribution in [2.75, 3.05) is 0 Å². The lowest BCUT2D eigenvalue weighted by Crippen LogP contribution is -2.07. The molecule has 0 spiro atoms. The zero-order valence-corrected chi connectivity index (χ0v) is 10.0. The highest BCUT2D eigenvalue weighted by Crippen LogP contribution is 2.26. The number of halogens is 3. The normalized spacial score (nSPS) is 12.4. The summed E-state index contributed by atoms with van der Waals surface area (Å²) < 4.78 is 26.9. The predicted octanol–water partition coefficient (Wildman–Crippen LogP) is 3.29. The van der Waals surface area contributed by atoms with Crippen LogP contribution in [0.5, 0.6) is 0 Å². The van der Waals surface area contributed by atoms with E-state index in [2.05, 4.69) is 4.98 Å². The molecule has 1 aromatic heterocycles. The molecule has 0 amide bonds. The summed E-state index contributed by atoms with van der Waals surface area (Å²) in [6.45, 7) is 0. The first-order valence-electron chi connectivity index (χ1n) is 5.30. The van der Waals surface area contributed by atoms with Crippen molar-refractivity contribution < 1.29 is 13.9 Å². The van der Waals surface area contributed by atoms with Crippen molar-refractivity contribution in [3.05, 3.63) is 64.4 Å². The Bertz CT molecular complexity index is 542. The van der Waals surface area contributed by atoms with E-state index in [1.807, 2.05) is 0 Å². The Kier molecular flexibility index (Phi) is 3.89. The minimum Gasteiger partial charge on any atom is -0.388 e. The zero-order valence-electron chi connectivity index (χ0n) is 9.28. The van der Waals surface area contributed by atoms with Crippen molar-refractivity contribution in [3.63, 3.8) is 0 Å². The molecule has 2 aromatic rings. The molecule has 2 nitrogen and oxygen atoms in total. The molecule has 0 aliphatic carbocycles. The largest absolute Gasteiger partial charge is 0.388 e. The first-order chi connectivity index (χ1) is 8.59. The standard InChI is InChI=1S/C13H10ClF2NO/c14-9-7-17-5-4-8(9)6-12(18)13-10(15)2-1-3-11(13)16/h1-5,7,12,18H,6H2. The molecule has 0 saturated heterocycles. The molecule has 0 fully saturated rings. The summed E-state index contributed by atoms with van der Waals surface area (Å²) in [5.74, 6) is -1.54. The molecule has 2 rings (SSSR count). The fourth-order valence-corrected chi connectivity index (χ4v) is 1.91. The van der Waals surface area contributed by atoms with Gasteiger partial charge in [0.1, 0.15) is 11.6 Å². The van der Waals surface area contributed by atoms with Crippen molar-refractivity contribution in [1.29, 1.82) is 0 Å². The van der Waals surface area contributed by atoms with Crippen molar-refractivity contribution in [2.24, 2.45) is 0 Å². The van der Waals surface area contributed by atoms with Crippen LogP contribution in [0.4, 0.5) is 8.78 Å². The number of benzene rings is 1. The highest BCUT2D eigenvalue weighted by Gasteiger charge is 2.18. The summed E-state index contributed by atoms with van der Waals surface area (Å²) in [5, 5.41) is 10.3. The summed E-state index contributed by atoms with van der Waals surface area (Å²) in [7, 11) is 0. The number of rotatable bonds is 3. The van der Waals surface area contributed by atoms with Crippen molar-refractivity contribution in [3.8, 4) is 0 Å². The van der Waals surface area contributed by atoms with Gasteiger partial charge >= 0.3 is 0 Å². The van der Waals surface area contributed by atoms with Gasteiger partial charge in [-0.2, -0.15) is 0 Å². The van der Waals surface area contributed by atoms with Crippen LogP contribution in [0.15, 0.2) is 36.7 Å². The second kappa shape index (κ2) is 5.42. The van der Waals surface area contributed by atoms with Crippen LogP contribution in [0.1, 0.15) is 17.2 Å². The molecule has 0 aliphatic heterocycles. The van der Waals surface area contributed by atoms with Gasteiger partial charge in [-0.05, 0) is 23.8 Å². The maximum atomic E-state index is 13.5. The highest BCUT2D eigenvalue weighted by molar-refractivity contribution is 6.31. The van der Waals surface area contributed by atoms with Crippen LogP contribution in [-0.2, 0) is 6.42 Å². The summed E-state index contributed by atoms with van der Waals surface area (Å²) in [6, 6.07) is 5.07.